The smallest absolute Gasteiger partial charge is 0.220 e. The van der Waals surface area contributed by atoms with E-state index in [0.29, 0.717) is 6.42 Å². The second kappa shape index (κ2) is 8.60. The zero-order chi connectivity index (χ0) is 19.3. The lowest BCUT2D eigenvalue weighted by molar-refractivity contribution is -0.122. The first kappa shape index (κ1) is 19.5. The Hall–Kier alpha value is -2.29. The van der Waals surface area contributed by atoms with Crippen molar-refractivity contribution in [3.8, 4) is 5.75 Å². The summed E-state index contributed by atoms with van der Waals surface area (Å²) in [7, 11) is 0. The summed E-state index contributed by atoms with van der Waals surface area (Å²) in [5.74, 6) is 1.02. The Morgan fingerprint density at radius 3 is 2.37 bits per heavy atom. The highest BCUT2D eigenvalue weighted by molar-refractivity contribution is 5.77. The Morgan fingerprint density at radius 1 is 1.04 bits per heavy atom. The Balaban J connectivity index is 1.66. The second-order valence-electron chi connectivity index (χ2n) is 7.52. The highest BCUT2D eigenvalue weighted by Crippen LogP contribution is 2.42. The van der Waals surface area contributed by atoms with Gasteiger partial charge in [0.25, 0.3) is 0 Å². The van der Waals surface area contributed by atoms with Crippen molar-refractivity contribution < 1.29 is 9.53 Å². The molecule has 0 saturated carbocycles. The predicted molar refractivity (Wildman–Crippen MR) is 110 cm³/mol. The summed E-state index contributed by atoms with van der Waals surface area (Å²) in [5, 5.41) is 3.27. The number of hydrogen-bond acceptors (Lipinski definition) is 2. The third-order valence-corrected chi connectivity index (χ3v) is 5.89. The average molecular weight is 366 g/mol. The number of amides is 1. The Labute approximate surface area is 163 Å². The molecule has 1 unspecified atom stereocenters. The topological polar surface area (TPSA) is 38.3 Å². The minimum Gasteiger partial charge on any atom is -0.487 e. The monoisotopic (exact) mass is 365 g/mol. The Bertz CT molecular complexity index is 762. The number of aryl methyl sites for hydroxylation is 2. The van der Waals surface area contributed by atoms with Crippen molar-refractivity contribution in [2.75, 3.05) is 0 Å². The van der Waals surface area contributed by atoms with Gasteiger partial charge in [-0.2, -0.15) is 0 Å². The van der Waals surface area contributed by atoms with Crippen molar-refractivity contribution in [2.24, 2.45) is 0 Å². The summed E-state index contributed by atoms with van der Waals surface area (Å²) in [4.78, 5) is 12.7. The largest absolute Gasteiger partial charge is 0.487 e. The molecular weight excluding hydrogens is 334 g/mol. The molecule has 3 nitrogen and oxygen atoms in total. The number of rotatable bonds is 7. The van der Waals surface area contributed by atoms with Crippen LogP contribution in [0.2, 0.25) is 0 Å². The van der Waals surface area contributed by atoms with E-state index in [1.54, 1.807) is 0 Å². The van der Waals surface area contributed by atoms with Gasteiger partial charge in [0.2, 0.25) is 5.91 Å². The van der Waals surface area contributed by atoms with Crippen LogP contribution in [0, 0.1) is 0 Å². The number of hydrogen-bond donors (Lipinski definition) is 1. The third kappa shape index (κ3) is 4.52. The molecule has 0 radical (unpaired) electrons. The number of nitrogens with one attached hydrogen (secondary N) is 1. The first-order chi connectivity index (χ1) is 13.1. The van der Waals surface area contributed by atoms with Crippen molar-refractivity contribution in [1.82, 2.24) is 5.32 Å². The maximum atomic E-state index is 12.7. The van der Waals surface area contributed by atoms with Crippen LogP contribution in [0.25, 0.3) is 0 Å². The molecule has 0 aromatic heterocycles. The van der Waals surface area contributed by atoms with Crippen molar-refractivity contribution in [3.05, 3.63) is 65.2 Å². The molecule has 0 fully saturated rings. The number of ether oxygens (including phenoxy) is 1. The SMILES string of the molecule is CCc1ccc(CCC(=O)NC2CC(CC)(CC)Oc3ccccc32)cc1. The molecule has 1 atom stereocenters. The van der Waals surface area contributed by atoms with Gasteiger partial charge in [-0.1, -0.05) is 63.2 Å². The molecule has 1 N–H and O–H groups in total. The maximum Gasteiger partial charge on any atom is 0.220 e. The van der Waals surface area contributed by atoms with Crippen LogP contribution in [0.3, 0.4) is 0 Å². The van der Waals surface area contributed by atoms with Gasteiger partial charge in [-0.15, -0.1) is 0 Å². The van der Waals surface area contributed by atoms with Crippen LogP contribution in [-0.4, -0.2) is 11.5 Å². The standard InChI is InChI=1S/C24H31NO2/c1-4-18-11-13-19(14-12-18)15-16-23(26)25-21-17-24(5-2,6-3)27-22-10-8-7-9-20(21)22/h7-14,21H,4-6,15-17H2,1-3H3,(H,25,26). The number of benzene rings is 2. The molecule has 2 aromatic rings. The van der Waals surface area contributed by atoms with Crippen LogP contribution >= 0.6 is 0 Å². The molecule has 1 amide bonds. The molecule has 3 rings (SSSR count). The minimum atomic E-state index is -0.192. The minimum absolute atomic E-state index is 0.0183. The zero-order valence-electron chi connectivity index (χ0n) is 16.8. The van der Waals surface area contributed by atoms with Gasteiger partial charge in [-0.3, -0.25) is 4.79 Å². The van der Waals surface area contributed by atoms with Gasteiger partial charge in [0.05, 0.1) is 6.04 Å². The molecular formula is C24H31NO2. The van der Waals surface area contributed by atoms with E-state index in [9.17, 15) is 4.79 Å². The molecule has 1 aliphatic heterocycles. The van der Waals surface area contributed by atoms with Crippen LogP contribution in [-0.2, 0) is 17.6 Å². The highest BCUT2D eigenvalue weighted by atomic mass is 16.5. The number of carbonyl (C=O) groups excluding carboxylic acids is 1. The molecule has 0 bridgehead atoms. The van der Waals surface area contributed by atoms with E-state index < -0.39 is 0 Å². The molecule has 0 aliphatic carbocycles. The number of fused-ring (bicyclic) bond motifs is 1. The predicted octanol–water partition coefficient (Wildman–Crippen LogP) is 5.38. The quantitative estimate of drug-likeness (QED) is 0.715. The van der Waals surface area contributed by atoms with Crippen LogP contribution in [0.1, 0.15) is 69.2 Å². The van der Waals surface area contributed by atoms with Crippen molar-refractivity contribution >= 4 is 5.91 Å². The number of para-hydroxylation sites is 1. The lowest BCUT2D eigenvalue weighted by Crippen LogP contribution is -2.44. The summed E-state index contributed by atoms with van der Waals surface area (Å²) in [6.45, 7) is 6.48. The molecule has 2 aromatic carbocycles. The van der Waals surface area contributed by atoms with Gasteiger partial charge in [0.15, 0.2) is 0 Å². The van der Waals surface area contributed by atoms with Crippen molar-refractivity contribution in [3.63, 3.8) is 0 Å². The van der Waals surface area contributed by atoms with Crippen molar-refractivity contribution in [2.45, 2.75) is 70.9 Å². The van der Waals surface area contributed by atoms with E-state index in [2.05, 4.69) is 56.4 Å². The van der Waals surface area contributed by atoms with Gasteiger partial charge in [-0.05, 0) is 42.9 Å². The van der Waals surface area contributed by atoms with Crippen LogP contribution in [0.4, 0.5) is 0 Å². The number of carbonyl (C=O) groups is 1. The first-order valence-corrected chi connectivity index (χ1v) is 10.2. The fourth-order valence-corrected chi connectivity index (χ4v) is 3.90. The average Bonchev–Trinajstić information content (AvgIpc) is 2.72. The van der Waals surface area contributed by atoms with Gasteiger partial charge in [0, 0.05) is 18.4 Å². The molecule has 144 valence electrons. The van der Waals surface area contributed by atoms with Gasteiger partial charge < -0.3 is 10.1 Å². The lowest BCUT2D eigenvalue weighted by atomic mass is 9.83. The molecule has 0 saturated heterocycles. The summed E-state index contributed by atoms with van der Waals surface area (Å²) >= 11 is 0. The molecule has 3 heteroatoms. The second-order valence-corrected chi connectivity index (χ2v) is 7.52. The zero-order valence-corrected chi connectivity index (χ0v) is 16.8. The lowest BCUT2D eigenvalue weighted by Gasteiger charge is -2.41. The third-order valence-electron chi connectivity index (χ3n) is 5.89. The summed E-state index contributed by atoms with van der Waals surface area (Å²) in [5.41, 5.74) is 3.45. The van der Waals surface area contributed by atoms with E-state index in [1.807, 2.05) is 18.2 Å². The van der Waals surface area contributed by atoms with E-state index in [1.165, 1.54) is 11.1 Å². The van der Waals surface area contributed by atoms with Crippen molar-refractivity contribution in [1.29, 1.82) is 0 Å². The van der Waals surface area contributed by atoms with E-state index in [4.69, 9.17) is 4.74 Å². The van der Waals surface area contributed by atoms with Gasteiger partial charge in [-0.25, -0.2) is 0 Å². The van der Waals surface area contributed by atoms with Crippen LogP contribution < -0.4 is 10.1 Å². The molecule has 1 aliphatic rings. The summed E-state index contributed by atoms with van der Waals surface area (Å²) in [6.07, 6.45) is 5.03. The summed E-state index contributed by atoms with van der Waals surface area (Å²) in [6, 6.07) is 16.7. The molecule has 1 heterocycles. The fourth-order valence-electron chi connectivity index (χ4n) is 3.90. The van der Waals surface area contributed by atoms with E-state index in [-0.39, 0.29) is 17.6 Å². The van der Waals surface area contributed by atoms with Gasteiger partial charge >= 0.3 is 0 Å². The highest BCUT2D eigenvalue weighted by Gasteiger charge is 2.38. The maximum absolute atomic E-state index is 12.7. The van der Waals surface area contributed by atoms with Crippen LogP contribution in [0.5, 0.6) is 5.75 Å². The normalized spacial score (nSPS) is 17.7. The fraction of sp³-hybridized carbons (Fsp3) is 0.458. The Kier molecular flexibility index (Phi) is 6.20. The van der Waals surface area contributed by atoms with Gasteiger partial charge in [0.1, 0.15) is 11.4 Å². The summed E-state index contributed by atoms with van der Waals surface area (Å²) < 4.78 is 6.33. The van der Waals surface area contributed by atoms with E-state index >= 15 is 0 Å². The first-order valence-electron chi connectivity index (χ1n) is 10.2. The van der Waals surface area contributed by atoms with Crippen LogP contribution in [0.15, 0.2) is 48.5 Å². The Morgan fingerprint density at radius 2 is 1.70 bits per heavy atom. The molecule has 0 spiro atoms. The van der Waals surface area contributed by atoms with E-state index in [0.717, 1.165) is 43.4 Å². The molecule has 27 heavy (non-hydrogen) atoms.